The van der Waals surface area contributed by atoms with Crippen molar-refractivity contribution in [1.82, 2.24) is 10.2 Å². The fraction of sp³-hybridized carbons (Fsp3) is 0.938. The van der Waals surface area contributed by atoms with Gasteiger partial charge in [-0.25, -0.2) is 0 Å². The van der Waals surface area contributed by atoms with Gasteiger partial charge in [-0.3, -0.25) is 10.1 Å². The van der Waals surface area contributed by atoms with Crippen LogP contribution in [0, 0.1) is 11.8 Å². The fourth-order valence-electron chi connectivity index (χ4n) is 2.97. The zero-order chi connectivity index (χ0) is 14.6. The van der Waals surface area contributed by atoms with E-state index in [0.29, 0.717) is 17.9 Å². The molecule has 1 heterocycles. The summed E-state index contributed by atoms with van der Waals surface area (Å²) in [6.45, 7) is 13.1. The number of hydrogen-bond donors (Lipinski definition) is 1. The highest BCUT2D eigenvalue weighted by Gasteiger charge is 2.40. The molecule has 1 rings (SSSR count). The first-order valence-electron chi connectivity index (χ1n) is 7.96. The third-order valence-corrected chi connectivity index (χ3v) is 4.45. The van der Waals surface area contributed by atoms with Gasteiger partial charge in [-0.2, -0.15) is 0 Å². The largest absolute Gasteiger partial charge is 0.323 e. The summed E-state index contributed by atoms with van der Waals surface area (Å²) in [5.74, 6) is 1.48. The summed E-state index contributed by atoms with van der Waals surface area (Å²) in [6.07, 6.45) is 4.81. The van der Waals surface area contributed by atoms with Crippen molar-refractivity contribution < 1.29 is 4.79 Å². The number of nitrogens with zero attached hydrogens (tertiary/aromatic N) is 1. The summed E-state index contributed by atoms with van der Waals surface area (Å²) < 4.78 is 0. The Morgan fingerprint density at radius 2 is 1.84 bits per heavy atom. The maximum absolute atomic E-state index is 12.5. The minimum Gasteiger partial charge on any atom is -0.323 e. The molecule has 0 aliphatic carbocycles. The van der Waals surface area contributed by atoms with Crippen molar-refractivity contribution >= 4 is 5.91 Å². The van der Waals surface area contributed by atoms with E-state index in [1.165, 1.54) is 12.8 Å². The zero-order valence-corrected chi connectivity index (χ0v) is 13.6. The van der Waals surface area contributed by atoms with Gasteiger partial charge in [0.2, 0.25) is 5.91 Å². The summed E-state index contributed by atoms with van der Waals surface area (Å²) in [5, 5.41) is 3.46. The average molecular weight is 268 g/mol. The first-order chi connectivity index (χ1) is 8.88. The van der Waals surface area contributed by atoms with Gasteiger partial charge < -0.3 is 4.90 Å². The molecule has 1 fully saturated rings. The van der Waals surface area contributed by atoms with Crippen LogP contribution >= 0.6 is 0 Å². The Morgan fingerprint density at radius 1 is 1.21 bits per heavy atom. The van der Waals surface area contributed by atoms with E-state index in [1.807, 2.05) is 0 Å². The molecule has 19 heavy (non-hydrogen) atoms. The molecular weight excluding hydrogens is 236 g/mol. The third-order valence-electron chi connectivity index (χ3n) is 4.45. The van der Waals surface area contributed by atoms with Crippen molar-refractivity contribution in [2.24, 2.45) is 11.8 Å². The van der Waals surface area contributed by atoms with Crippen LogP contribution in [-0.4, -0.2) is 29.1 Å². The Balaban J connectivity index is 2.55. The van der Waals surface area contributed by atoms with Crippen molar-refractivity contribution in [3.8, 4) is 0 Å². The molecule has 0 radical (unpaired) electrons. The molecule has 0 spiro atoms. The standard InChI is InChI=1S/C16H32N2O/c1-7-12(4)15-16(19)18(14(6)17-15)13(5)10-8-9-11(2)3/h11-15,17H,7-10H2,1-6H3. The molecule has 1 aliphatic heterocycles. The van der Waals surface area contributed by atoms with Crippen LogP contribution in [0.25, 0.3) is 0 Å². The molecule has 0 aromatic rings. The van der Waals surface area contributed by atoms with E-state index in [0.717, 1.165) is 18.8 Å². The lowest BCUT2D eigenvalue weighted by Crippen LogP contribution is -2.41. The van der Waals surface area contributed by atoms with Gasteiger partial charge in [0.15, 0.2) is 0 Å². The molecule has 112 valence electrons. The lowest BCUT2D eigenvalue weighted by atomic mass is 9.98. The van der Waals surface area contributed by atoms with E-state index in [-0.39, 0.29) is 12.2 Å². The molecule has 1 amide bonds. The van der Waals surface area contributed by atoms with Gasteiger partial charge in [0.25, 0.3) is 0 Å². The normalized spacial score (nSPS) is 27.1. The monoisotopic (exact) mass is 268 g/mol. The molecular formula is C16H32N2O. The predicted molar refractivity (Wildman–Crippen MR) is 80.8 cm³/mol. The van der Waals surface area contributed by atoms with Crippen molar-refractivity contribution in [3.63, 3.8) is 0 Å². The maximum Gasteiger partial charge on any atom is 0.241 e. The molecule has 3 nitrogen and oxygen atoms in total. The molecule has 1 N–H and O–H groups in total. The molecule has 4 unspecified atom stereocenters. The van der Waals surface area contributed by atoms with Gasteiger partial charge in [0, 0.05) is 6.04 Å². The first-order valence-corrected chi connectivity index (χ1v) is 7.96. The summed E-state index contributed by atoms with van der Waals surface area (Å²) in [7, 11) is 0. The molecule has 3 heteroatoms. The van der Waals surface area contributed by atoms with Gasteiger partial charge in [-0.15, -0.1) is 0 Å². The molecule has 1 saturated heterocycles. The van der Waals surface area contributed by atoms with Crippen molar-refractivity contribution in [3.05, 3.63) is 0 Å². The highest BCUT2D eigenvalue weighted by atomic mass is 16.2. The van der Waals surface area contributed by atoms with Crippen LogP contribution in [0.4, 0.5) is 0 Å². The third kappa shape index (κ3) is 4.20. The second-order valence-corrected chi connectivity index (χ2v) is 6.63. The van der Waals surface area contributed by atoms with E-state index in [4.69, 9.17) is 0 Å². The maximum atomic E-state index is 12.5. The summed E-state index contributed by atoms with van der Waals surface area (Å²) >= 11 is 0. The van der Waals surface area contributed by atoms with Crippen LogP contribution in [-0.2, 0) is 4.79 Å². The van der Waals surface area contributed by atoms with Gasteiger partial charge in [-0.1, -0.05) is 47.0 Å². The van der Waals surface area contributed by atoms with E-state index in [9.17, 15) is 4.79 Å². The Kier molecular flexibility index (Phi) is 6.31. The van der Waals surface area contributed by atoms with E-state index in [2.05, 4.69) is 51.8 Å². The Bertz CT molecular complexity index is 290. The van der Waals surface area contributed by atoms with Crippen LogP contribution in [0.2, 0.25) is 0 Å². The summed E-state index contributed by atoms with van der Waals surface area (Å²) in [6, 6.07) is 0.371. The van der Waals surface area contributed by atoms with Gasteiger partial charge >= 0.3 is 0 Å². The van der Waals surface area contributed by atoms with Gasteiger partial charge in [-0.05, 0) is 32.1 Å². The van der Waals surface area contributed by atoms with Crippen LogP contribution in [0.15, 0.2) is 0 Å². The smallest absolute Gasteiger partial charge is 0.241 e. The van der Waals surface area contributed by atoms with Crippen molar-refractivity contribution in [2.45, 2.75) is 85.5 Å². The Hall–Kier alpha value is -0.570. The van der Waals surface area contributed by atoms with Gasteiger partial charge in [0.05, 0.1) is 12.2 Å². The van der Waals surface area contributed by atoms with Crippen LogP contribution in [0.1, 0.15) is 67.2 Å². The first kappa shape index (κ1) is 16.5. The van der Waals surface area contributed by atoms with E-state index >= 15 is 0 Å². The highest BCUT2D eigenvalue weighted by Crippen LogP contribution is 2.23. The minimum atomic E-state index is 0.0209. The number of nitrogens with one attached hydrogen (secondary N) is 1. The van der Waals surface area contributed by atoms with Crippen LogP contribution in [0.3, 0.4) is 0 Å². The minimum absolute atomic E-state index is 0.0209. The Morgan fingerprint density at radius 3 is 2.37 bits per heavy atom. The molecule has 1 aliphatic rings. The molecule has 0 bridgehead atoms. The average Bonchev–Trinajstić information content (AvgIpc) is 2.63. The number of carbonyl (C=O) groups excluding carboxylic acids is 1. The summed E-state index contributed by atoms with van der Waals surface area (Å²) in [4.78, 5) is 14.6. The zero-order valence-electron chi connectivity index (χ0n) is 13.6. The Labute approximate surface area is 119 Å². The van der Waals surface area contributed by atoms with E-state index < -0.39 is 0 Å². The molecule has 0 aromatic heterocycles. The number of carbonyl (C=O) groups is 1. The van der Waals surface area contributed by atoms with Crippen molar-refractivity contribution in [2.75, 3.05) is 0 Å². The molecule has 4 atom stereocenters. The highest BCUT2D eigenvalue weighted by molar-refractivity contribution is 5.84. The topological polar surface area (TPSA) is 32.3 Å². The molecule has 0 aromatic carbocycles. The fourth-order valence-corrected chi connectivity index (χ4v) is 2.97. The van der Waals surface area contributed by atoms with Crippen LogP contribution < -0.4 is 5.32 Å². The van der Waals surface area contributed by atoms with Crippen molar-refractivity contribution in [1.29, 1.82) is 0 Å². The summed E-state index contributed by atoms with van der Waals surface area (Å²) in [5.41, 5.74) is 0. The van der Waals surface area contributed by atoms with Crippen LogP contribution in [0.5, 0.6) is 0 Å². The van der Waals surface area contributed by atoms with Gasteiger partial charge in [0.1, 0.15) is 0 Å². The second kappa shape index (κ2) is 7.28. The quantitative estimate of drug-likeness (QED) is 0.767. The SMILES string of the molecule is CCC(C)C1NC(C)N(C(C)CCCC(C)C)C1=O. The predicted octanol–water partition coefficient (Wildman–Crippen LogP) is 3.39. The lowest BCUT2D eigenvalue weighted by Gasteiger charge is -2.28. The lowest BCUT2D eigenvalue weighted by molar-refractivity contribution is -0.132. The second-order valence-electron chi connectivity index (χ2n) is 6.63. The number of rotatable bonds is 7. The number of hydrogen-bond acceptors (Lipinski definition) is 2. The van der Waals surface area contributed by atoms with E-state index in [1.54, 1.807) is 0 Å². The molecule has 0 saturated carbocycles. The number of amides is 1.